The molecule has 4 nitrogen and oxygen atoms in total. The number of carbonyl (C=O) groups excluding carboxylic acids is 1. The van der Waals surface area contributed by atoms with Crippen LogP contribution in [0.5, 0.6) is 0 Å². The molecule has 2 aliphatic heterocycles. The van der Waals surface area contributed by atoms with Crippen LogP contribution in [-0.2, 0) is 4.79 Å². The molecule has 1 spiro atoms. The maximum atomic E-state index is 13.1. The lowest BCUT2D eigenvalue weighted by atomic mass is 9.83. The number of likely N-dealkylation sites (tertiary alicyclic amines) is 1. The van der Waals surface area contributed by atoms with Gasteiger partial charge in [-0.15, -0.1) is 0 Å². The molecule has 3 rings (SSSR count). The van der Waals surface area contributed by atoms with E-state index in [1.807, 2.05) is 23.1 Å². The quantitative estimate of drug-likeness (QED) is 0.924. The molecular weight excluding hydrogens is 286 g/mol. The van der Waals surface area contributed by atoms with Crippen LogP contribution >= 0.6 is 0 Å². The number of carbonyl (C=O) groups is 1. The fraction of sp³-hybridized carbons (Fsp3) is 0.632. The van der Waals surface area contributed by atoms with Crippen LogP contribution in [0.25, 0.3) is 0 Å². The van der Waals surface area contributed by atoms with Crippen LogP contribution in [0.1, 0.15) is 46.5 Å². The maximum absolute atomic E-state index is 13.1. The summed E-state index contributed by atoms with van der Waals surface area (Å²) in [5.74, 6) is 0.251. The van der Waals surface area contributed by atoms with Gasteiger partial charge >= 0.3 is 0 Å². The molecule has 0 bridgehead atoms. The van der Waals surface area contributed by atoms with Crippen LogP contribution in [0.3, 0.4) is 0 Å². The predicted octanol–water partition coefficient (Wildman–Crippen LogP) is 3.49. The number of hydrogen-bond donors (Lipinski definition) is 1. The fourth-order valence-corrected chi connectivity index (χ4v) is 4.09. The summed E-state index contributed by atoms with van der Waals surface area (Å²) in [7, 11) is 0. The zero-order valence-electron chi connectivity index (χ0n) is 14.6. The number of nitrogens with one attached hydrogen (secondary N) is 1. The first-order chi connectivity index (χ1) is 11.1. The van der Waals surface area contributed by atoms with E-state index < -0.39 is 5.54 Å². The Bertz CT molecular complexity index is 563. The van der Waals surface area contributed by atoms with Crippen LogP contribution in [0.2, 0.25) is 0 Å². The number of fused-ring (bicyclic) bond motifs is 1. The van der Waals surface area contributed by atoms with Gasteiger partial charge in [-0.2, -0.15) is 0 Å². The molecule has 1 aromatic carbocycles. The number of hydrogen-bond acceptors (Lipinski definition) is 3. The summed E-state index contributed by atoms with van der Waals surface area (Å²) in [5, 5.41) is 3.60. The largest absolute Gasteiger partial charge is 0.369 e. The molecule has 2 heterocycles. The average Bonchev–Trinajstić information content (AvgIpc) is 2.57. The molecule has 1 saturated heterocycles. The van der Waals surface area contributed by atoms with E-state index in [2.05, 4.69) is 37.1 Å². The first-order valence-corrected chi connectivity index (χ1v) is 9.04. The van der Waals surface area contributed by atoms with E-state index in [1.165, 1.54) is 12.8 Å². The highest BCUT2D eigenvalue weighted by molar-refractivity contribution is 6.07. The Balaban J connectivity index is 1.80. The van der Waals surface area contributed by atoms with E-state index in [4.69, 9.17) is 0 Å². The SMILES string of the molecule is CCCC(C)N1CCC2(CC1)Nc1ccccc1N(CC)C2=O. The Hall–Kier alpha value is -1.55. The third-order valence-corrected chi connectivity index (χ3v) is 5.52. The van der Waals surface area contributed by atoms with Crippen molar-refractivity contribution >= 4 is 17.3 Å². The number of piperidine rings is 1. The summed E-state index contributed by atoms with van der Waals surface area (Å²) in [5.41, 5.74) is 1.71. The molecule has 1 amide bonds. The molecule has 1 fully saturated rings. The predicted molar refractivity (Wildman–Crippen MR) is 96.0 cm³/mol. The normalized spacial score (nSPS) is 21.9. The zero-order valence-corrected chi connectivity index (χ0v) is 14.6. The van der Waals surface area contributed by atoms with Gasteiger partial charge in [0.2, 0.25) is 0 Å². The molecule has 1 aromatic rings. The minimum atomic E-state index is -0.410. The van der Waals surface area contributed by atoms with Crippen molar-refractivity contribution in [1.82, 2.24) is 4.90 Å². The molecule has 1 N–H and O–H groups in total. The van der Waals surface area contributed by atoms with Gasteiger partial charge in [-0.25, -0.2) is 0 Å². The third-order valence-electron chi connectivity index (χ3n) is 5.52. The first-order valence-electron chi connectivity index (χ1n) is 9.04. The van der Waals surface area contributed by atoms with Crippen LogP contribution in [0, 0.1) is 0 Å². The minimum Gasteiger partial charge on any atom is -0.369 e. The monoisotopic (exact) mass is 315 g/mol. The topological polar surface area (TPSA) is 35.6 Å². The molecule has 23 heavy (non-hydrogen) atoms. The lowest BCUT2D eigenvalue weighted by Crippen LogP contribution is -2.62. The van der Waals surface area contributed by atoms with Gasteiger partial charge in [-0.05, 0) is 45.2 Å². The van der Waals surface area contributed by atoms with Crippen molar-refractivity contribution in [3.05, 3.63) is 24.3 Å². The van der Waals surface area contributed by atoms with Gasteiger partial charge in [0.05, 0.1) is 11.4 Å². The standard InChI is InChI=1S/C19H29N3O/c1-4-8-15(3)21-13-11-19(12-14-21)18(23)22(5-2)17-10-7-6-9-16(17)20-19/h6-7,9-10,15,20H,4-5,8,11-14H2,1-3H3. The van der Waals surface area contributed by atoms with Crippen molar-refractivity contribution in [2.24, 2.45) is 0 Å². The van der Waals surface area contributed by atoms with Crippen molar-refractivity contribution in [1.29, 1.82) is 0 Å². The first kappa shape index (κ1) is 16.3. The number of likely N-dealkylation sites (N-methyl/N-ethyl adjacent to an activating group) is 1. The van der Waals surface area contributed by atoms with Gasteiger partial charge in [-0.1, -0.05) is 25.5 Å². The maximum Gasteiger partial charge on any atom is 0.252 e. The van der Waals surface area contributed by atoms with Crippen molar-refractivity contribution < 1.29 is 4.79 Å². The molecule has 0 saturated carbocycles. The second-order valence-corrected chi connectivity index (χ2v) is 6.95. The molecule has 126 valence electrons. The summed E-state index contributed by atoms with van der Waals surface area (Å²) < 4.78 is 0. The van der Waals surface area contributed by atoms with Crippen LogP contribution in [-0.4, -0.2) is 42.0 Å². The van der Waals surface area contributed by atoms with Crippen LogP contribution < -0.4 is 10.2 Å². The molecule has 4 heteroatoms. The average molecular weight is 315 g/mol. The molecule has 1 atom stereocenters. The minimum absolute atomic E-state index is 0.251. The smallest absolute Gasteiger partial charge is 0.252 e. The Morgan fingerprint density at radius 3 is 2.57 bits per heavy atom. The third kappa shape index (κ3) is 2.85. The van der Waals surface area contributed by atoms with Gasteiger partial charge in [0.15, 0.2) is 0 Å². The molecule has 1 unspecified atom stereocenters. The Kier molecular flexibility index (Phi) is 4.62. The second kappa shape index (κ2) is 6.52. The highest BCUT2D eigenvalue weighted by Gasteiger charge is 2.47. The highest BCUT2D eigenvalue weighted by atomic mass is 16.2. The molecule has 2 aliphatic rings. The Labute approximate surface area is 139 Å². The van der Waals surface area contributed by atoms with Gasteiger partial charge in [-0.3, -0.25) is 4.79 Å². The number of benzene rings is 1. The molecule has 0 aromatic heterocycles. The van der Waals surface area contributed by atoms with E-state index in [0.717, 1.165) is 43.9 Å². The van der Waals surface area contributed by atoms with Crippen molar-refractivity contribution in [2.75, 3.05) is 29.9 Å². The lowest BCUT2D eigenvalue weighted by molar-refractivity contribution is -0.125. The van der Waals surface area contributed by atoms with Crippen molar-refractivity contribution in [3.8, 4) is 0 Å². The highest BCUT2D eigenvalue weighted by Crippen LogP contribution is 2.40. The van der Waals surface area contributed by atoms with Gasteiger partial charge in [0.25, 0.3) is 5.91 Å². The molecular formula is C19H29N3O. The summed E-state index contributed by atoms with van der Waals surface area (Å²) in [6.07, 6.45) is 4.24. The number of nitrogens with zero attached hydrogens (tertiary/aromatic N) is 2. The van der Waals surface area contributed by atoms with E-state index in [1.54, 1.807) is 0 Å². The fourth-order valence-electron chi connectivity index (χ4n) is 4.09. The van der Waals surface area contributed by atoms with Gasteiger partial charge in [0, 0.05) is 25.7 Å². The summed E-state index contributed by atoms with van der Waals surface area (Å²) >= 11 is 0. The number of anilines is 2. The van der Waals surface area contributed by atoms with Gasteiger partial charge in [0.1, 0.15) is 5.54 Å². The Morgan fingerprint density at radius 2 is 1.91 bits per heavy atom. The van der Waals surface area contributed by atoms with E-state index in [9.17, 15) is 4.79 Å². The number of amides is 1. The summed E-state index contributed by atoms with van der Waals surface area (Å²) in [6.45, 7) is 9.34. The van der Waals surface area contributed by atoms with Crippen molar-refractivity contribution in [2.45, 2.75) is 58.0 Å². The van der Waals surface area contributed by atoms with E-state index >= 15 is 0 Å². The Morgan fingerprint density at radius 1 is 1.22 bits per heavy atom. The van der Waals surface area contributed by atoms with E-state index in [-0.39, 0.29) is 5.91 Å². The van der Waals surface area contributed by atoms with Crippen LogP contribution in [0.15, 0.2) is 24.3 Å². The lowest BCUT2D eigenvalue weighted by Gasteiger charge is -2.48. The van der Waals surface area contributed by atoms with Crippen LogP contribution in [0.4, 0.5) is 11.4 Å². The zero-order chi connectivity index (χ0) is 16.4. The number of rotatable bonds is 4. The molecule has 0 aliphatic carbocycles. The number of para-hydroxylation sites is 2. The van der Waals surface area contributed by atoms with Gasteiger partial charge < -0.3 is 15.1 Å². The molecule has 0 radical (unpaired) electrons. The van der Waals surface area contributed by atoms with Crippen molar-refractivity contribution in [3.63, 3.8) is 0 Å². The summed E-state index contributed by atoms with van der Waals surface area (Å²) in [6, 6.07) is 8.80. The summed E-state index contributed by atoms with van der Waals surface area (Å²) in [4.78, 5) is 17.6. The van der Waals surface area contributed by atoms with E-state index in [0.29, 0.717) is 6.04 Å². The second-order valence-electron chi connectivity index (χ2n) is 6.95.